The summed E-state index contributed by atoms with van der Waals surface area (Å²) in [7, 11) is 1.98. The molecule has 3 atom stereocenters. The van der Waals surface area contributed by atoms with E-state index < -0.39 is 5.97 Å². The van der Waals surface area contributed by atoms with Gasteiger partial charge >= 0.3 is 5.97 Å². The van der Waals surface area contributed by atoms with Crippen LogP contribution in [-0.2, 0) is 4.79 Å². The highest BCUT2D eigenvalue weighted by Crippen LogP contribution is 2.29. The van der Waals surface area contributed by atoms with E-state index in [1.165, 1.54) is 19.3 Å². The molecule has 1 rings (SSSR count). The van der Waals surface area contributed by atoms with Crippen molar-refractivity contribution < 1.29 is 9.90 Å². The fourth-order valence-electron chi connectivity index (χ4n) is 3.04. The second-order valence-electron chi connectivity index (χ2n) is 5.52. The summed E-state index contributed by atoms with van der Waals surface area (Å²) < 4.78 is 0. The fraction of sp³-hybridized carbons (Fsp3) is 0.923. The first-order valence-corrected chi connectivity index (χ1v) is 6.40. The zero-order valence-electron chi connectivity index (χ0n) is 10.9. The van der Waals surface area contributed by atoms with E-state index in [-0.39, 0.29) is 12.0 Å². The van der Waals surface area contributed by atoms with Crippen molar-refractivity contribution in [3.8, 4) is 0 Å². The molecule has 0 aromatic rings. The van der Waals surface area contributed by atoms with Gasteiger partial charge < -0.3 is 5.11 Å². The largest absolute Gasteiger partial charge is 0.480 e. The molecule has 1 saturated carbocycles. The fourth-order valence-corrected chi connectivity index (χ4v) is 3.04. The maximum atomic E-state index is 11.3. The molecule has 3 heteroatoms. The van der Waals surface area contributed by atoms with Crippen molar-refractivity contribution in [3.05, 3.63) is 0 Å². The van der Waals surface area contributed by atoms with E-state index in [4.69, 9.17) is 0 Å². The van der Waals surface area contributed by atoms with E-state index in [0.717, 1.165) is 6.42 Å². The van der Waals surface area contributed by atoms with E-state index in [1.54, 1.807) is 0 Å². The maximum absolute atomic E-state index is 11.3. The molecular weight excluding hydrogens is 202 g/mol. The molecule has 0 amide bonds. The average molecular weight is 227 g/mol. The molecule has 1 fully saturated rings. The van der Waals surface area contributed by atoms with Crippen LogP contribution in [0.15, 0.2) is 0 Å². The van der Waals surface area contributed by atoms with Crippen LogP contribution in [-0.4, -0.2) is 35.1 Å². The van der Waals surface area contributed by atoms with Gasteiger partial charge in [-0.25, -0.2) is 0 Å². The molecule has 0 aromatic carbocycles. The maximum Gasteiger partial charge on any atom is 0.321 e. The Kier molecular flexibility index (Phi) is 4.78. The molecule has 0 heterocycles. The second kappa shape index (κ2) is 5.67. The third-order valence-corrected chi connectivity index (χ3v) is 3.91. The van der Waals surface area contributed by atoms with E-state index >= 15 is 0 Å². The molecule has 3 unspecified atom stereocenters. The number of hydrogen-bond acceptors (Lipinski definition) is 2. The van der Waals surface area contributed by atoms with Crippen LogP contribution < -0.4 is 0 Å². The van der Waals surface area contributed by atoms with Crippen molar-refractivity contribution in [1.82, 2.24) is 4.90 Å². The van der Waals surface area contributed by atoms with E-state index in [9.17, 15) is 9.90 Å². The van der Waals surface area contributed by atoms with Crippen molar-refractivity contribution in [3.63, 3.8) is 0 Å². The predicted molar refractivity (Wildman–Crippen MR) is 65.4 cm³/mol. The van der Waals surface area contributed by atoms with Gasteiger partial charge in [0.05, 0.1) is 0 Å². The van der Waals surface area contributed by atoms with Gasteiger partial charge in [-0.15, -0.1) is 0 Å². The standard InChI is InChI=1S/C13H25NO2/c1-9(2)12(13(15)16)14(4)11-8-6-5-7-10(11)3/h9-12H,5-8H2,1-4H3,(H,15,16). The van der Waals surface area contributed by atoms with Crippen LogP contribution in [0.5, 0.6) is 0 Å². The lowest BCUT2D eigenvalue weighted by Crippen LogP contribution is -2.50. The Morgan fingerprint density at radius 3 is 2.31 bits per heavy atom. The van der Waals surface area contributed by atoms with E-state index in [1.807, 2.05) is 20.9 Å². The molecule has 94 valence electrons. The van der Waals surface area contributed by atoms with Crippen LogP contribution in [0.25, 0.3) is 0 Å². The van der Waals surface area contributed by atoms with Crippen LogP contribution in [0.4, 0.5) is 0 Å². The van der Waals surface area contributed by atoms with Gasteiger partial charge in [-0.05, 0) is 31.7 Å². The van der Waals surface area contributed by atoms with Crippen LogP contribution in [0.2, 0.25) is 0 Å². The van der Waals surface area contributed by atoms with Crippen molar-refractivity contribution in [2.45, 2.75) is 58.5 Å². The molecule has 0 aliphatic heterocycles. The first kappa shape index (κ1) is 13.5. The normalized spacial score (nSPS) is 28.4. The van der Waals surface area contributed by atoms with Gasteiger partial charge in [-0.2, -0.15) is 0 Å². The Bertz CT molecular complexity index is 240. The minimum absolute atomic E-state index is 0.164. The van der Waals surface area contributed by atoms with Crippen LogP contribution >= 0.6 is 0 Å². The van der Waals surface area contributed by atoms with Gasteiger partial charge in [0.2, 0.25) is 0 Å². The van der Waals surface area contributed by atoms with Gasteiger partial charge in [-0.1, -0.05) is 33.6 Å². The smallest absolute Gasteiger partial charge is 0.321 e. The molecule has 0 saturated heterocycles. The third-order valence-electron chi connectivity index (χ3n) is 3.91. The monoisotopic (exact) mass is 227 g/mol. The Labute approximate surface area is 98.8 Å². The van der Waals surface area contributed by atoms with E-state index in [0.29, 0.717) is 12.0 Å². The Hall–Kier alpha value is -0.570. The number of carboxylic acid groups (broad SMARTS) is 1. The van der Waals surface area contributed by atoms with Crippen LogP contribution in [0.3, 0.4) is 0 Å². The number of aliphatic carboxylic acids is 1. The quantitative estimate of drug-likeness (QED) is 0.802. The van der Waals surface area contributed by atoms with Gasteiger partial charge in [-0.3, -0.25) is 9.69 Å². The summed E-state index contributed by atoms with van der Waals surface area (Å²) in [5.41, 5.74) is 0. The van der Waals surface area contributed by atoms with Crippen LogP contribution in [0, 0.1) is 11.8 Å². The van der Waals surface area contributed by atoms with Gasteiger partial charge in [0, 0.05) is 6.04 Å². The van der Waals surface area contributed by atoms with Crippen molar-refractivity contribution in [2.24, 2.45) is 11.8 Å². The minimum atomic E-state index is -0.685. The zero-order valence-corrected chi connectivity index (χ0v) is 10.9. The highest BCUT2D eigenvalue weighted by atomic mass is 16.4. The summed E-state index contributed by atoms with van der Waals surface area (Å²) in [6.45, 7) is 6.23. The number of likely N-dealkylation sites (N-methyl/N-ethyl adjacent to an activating group) is 1. The molecule has 16 heavy (non-hydrogen) atoms. The molecule has 0 radical (unpaired) electrons. The summed E-state index contributed by atoms with van der Waals surface area (Å²) in [4.78, 5) is 13.4. The highest BCUT2D eigenvalue weighted by Gasteiger charge is 2.34. The molecule has 1 aliphatic rings. The lowest BCUT2D eigenvalue weighted by atomic mass is 9.83. The predicted octanol–water partition coefficient (Wildman–Crippen LogP) is 2.61. The summed E-state index contributed by atoms with van der Waals surface area (Å²) in [6, 6.07) is 0.0998. The average Bonchev–Trinajstić information content (AvgIpc) is 2.16. The molecule has 1 aliphatic carbocycles. The van der Waals surface area contributed by atoms with Crippen molar-refractivity contribution >= 4 is 5.97 Å². The van der Waals surface area contributed by atoms with Gasteiger partial charge in [0.15, 0.2) is 0 Å². The first-order chi connectivity index (χ1) is 7.45. The van der Waals surface area contributed by atoms with Crippen molar-refractivity contribution in [1.29, 1.82) is 0 Å². The SMILES string of the molecule is CC(C)C(C(=O)O)N(C)C1CCCCC1C. The molecule has 0 bridgehead atoms. The number of nitrogens with zero attached hydrogens (tertiary/aromatic N) is 1. The van der Waals surface area contributed by atoms with Gasteiger partial charge in [0.25, 0.3) is 0 Å². The van der Waals surface area contributed by atoms with E-state index in [2.05, 4.69) is 11.8 Å². The van der Waals surface area contributed by atoms with Crippen LogP contribution in [0.1, 0.15) is 46.5 Å². The lowest BCUT2D eigenvalue weighted by molar-refractivity contribution is -0.146. The number of carboxylic acids is 1. The number of hydrogen-bond donors (Lipinski definition) is 1. The Morgan fingerprint density at radius 2 is 1.88 bits per heavy atom. The Morgan fingerprint density at radius 1 is 1.31 bits per heavy atom. The minimum Gasteiger partial charge on any atom is -0.480 e. The molecular formula is C13H25NO2. The molecule has 3 nitrogen and oxygen atoms in total. The zero-order chi connectivity index (χ0) is 12.3. The molecule has 0 aromatic heterocycles. The number of rotatable bonds is 4. The summed E-state index contributed by atoms with van der Waals surface area (Å²) in [5, 5.41) is 9.29. The lowest BCUT2D eigenvalue weighted by Gasteiger charge is -2.40. The summed E-state index contributed by atoms with van der Waals surface area (Å²) in [5.74, 6) is 0.103. The first-order valence-electron chi connectivity index (χ1n) is 6.40. The number of carbonyl (C=O) groups is 1. The third kappa shape index (κ3) is 2.97. The van der Waals surface area contributed by atoms with Crippen molar-refractivity contribution in [2.75, 3.05) is 7.05 Å². The Balaban J connectivity index is 2.72. The highest BCUT2D eigenvalue weighted by molar-refractivity contribution is 5.73. The molecule has 1 N–H and O–H groups in total. The van der Waals surface area contributed by atoms with Gasteiger partial charge in [0.1, 0.15) is 6.04 Å². The molecule has 0 spiro atoms. The second-order valence-corrected chi connectivity index (χ2v) is 5.52. The summed E-state index contributed by atoms with van der Waals surface area (Å²) >= 11 is 0. The summed E-state index contributed by atoms with van der Waals surface area (Å²) in [6.07, 6.45) is 4.92. The topological polar surface area (TPSA) is 40.5 Å².